The summed E-state index contributed by atoms with van der Waals surface area (Å²) in [5.41, 5.74) is 0.942. The van der Waals surface area contributed by atoms with E-state index in [0.29, 0.717) is 11.3 Å². The molecule has 1 aliphatic rings. The van der Waals surface area contributed by atoms with Crippen LogP contribution in [0.15, 0.2) is 24.3 Å². The molecule has 0 unspecified atom stereocenters. The maximum absolute atomic E-state index is 12.3. The standard InChI is InChI=1S/C14H16N2O4/c1-9(17)15(2)12-6-4-3-5-11(12)13(18)16-7-10(8-16)14(19)20/h3-6,10H,7-8H2,1-2H3,(H,19,20). The van der Waals surface area contributed by atoms with Crippen molar-refractivity contribution >= 4 is 23.5 Å². The predicted molar refractivity (Wildman–Crippen MR) is 72.6 cm³/mol. The van der Waals surface area contributed by atoms with Gasteiger partial charge in [0.1, 0.15) is 0 Å². The molecular weight excluding hydrogens is 260 g/mol. The van der Waals surface area contributed by atoms with E-state index >= 15 is 0 Å². The Bertz CT molecular complexity index is 564. The van der Waals surface area contributed by atoms with Gasteiger partial charge in [0.15, 0.2) is 0 Å². The minimum absolute atomic E-state index is 0.169. The van der Waals surface area contributed by atoms with E-state index in [4.69, 9.17) is 5.11 Å². The van der Waals surface area contributed by atoms with Gasteiger partial charge in [0.25, 0.3) is 5.91 Å². The molecule has 20 heavy (non-hydrogen) atoms. The van der Waals surface area contributed by atoms with Crippen molar-refractivity contribution in [3.63, 3.8) is 0 Å². The molecule has 0 spiro atoms. The number of carbonyl (C=O) groups excluding carboxylic acids is 2. The first-order chi connectivity index (χ1) is 9.41. The molecule has 2 rings (SSSR count). The Labute approximate surface area is 116 Å². The summed E-state index contributed by atoms with van der Waals surface area (Å²) in [6.45, 7) is 1.85. The van der Waals surface area contributed by atoms with Crippen molar-refractivity contribution in [1.29, 1.82) is 0 Å². The highest BCUT2D eigenvalue weighted by Crippen LogP contribution is 2.25. The fourth-order valence-corrected chi connectivity index (χ4v) is 2.09. The van der Waals surface area contributed by atoms with Crippen LogP contribution in [0.4, 0.5) is 5.69 Å². The molecule has 0 saturated carbocycles. The number of anilines is 1. The second-order valence-electron chi connectivity index (χ2n) is 4.84. The van der Waals surface area contributed by atoms with E-state index in [0.717, 1.165) is 0 Å². The predicted octanol–water partition coefficient (Wildman–Crippen LogP) is 0.826. The number of aliphatic carboxylic acids is 1. The number of nitrogens with zero attached hydrogens (tertiary/aromatic N) is 2. The molecule has 1 fully saturated rings. The lowest BCUT2D eigenvalue weighted by atomic mass is 9.98. The van der Waals surface area contributed by atoms with E-state index in [1.165, 1.54) is 16.7 Å². The molecule has 6 nitrogen and oxygen atoms in total. The quantitative estimate of drug-likeness (QED) is 0.886. The summed E-state index contributed by atoms with van der Waals surface area (Å²) in [5, 5.41) is 8.83. The van der Waals surface area contributed by atoms with E-state index in [1.54, 1.807) is 31.3 Å². The Hall–Kier alpha value is -2.37. The lowest BCUT2D eigenvalue weighted by Gasteiger charge is -2.37. The summed E-state index contributed by atoms with van der Waals surface area (Å²) in [6, 6.07) is 6.81. The van der Waals surface area contributed by atoms with Gasteiger partial charge in [0.2, 0.25) is 5.91 Å². The van der Waals surface area contributed by atoms with E-state index in [1.807, 2.05) is 0 Å². The van der Waals surface area contributed by atoms with Crippen molar-refractivity contribution in [2.75, 3.05) is 25.0 Å². The number of para-hydroxylation sites is 1. The van der Waals surface area contributed by atoms with Gasteiger partial charge in [0.05, 0.1) is 17.2 Å². The molecule has 1 aliphatic heterocycles. The maximum atomic E-state index is 12.3. The Morgan fingerprint density at radius 2 is 1.85 bits per heavy atom. The minimum atomic E-state index is -0.886. The van der Waals surface area contributed by atoms with Crippen molar-refractivity contribution in [2.24, 2.45) is 5.92 Å². The number of carboxylic acids is 1. The van der Waals surface area contributed by atoms with Gasteiger partial charge in [0, 0.05) is 27.1 Å². The minimum Gasteiger partial charge on any atom is -0.481 e. The molecule has 1 saturated heterocycles. The SMILES string of the molecule is CC(=O)N(C)c1ccccc1C(=O)N1CC(C(=O)O)C1. The van der Waals surface area contributed by atoms with Crippen molar-refractivity contribution in [2.45, 2.75) is 6.92 Å². The summed E-state index contributed by atoms with van der Waals surface area (Å²) in [5.74, 6) is -1.79. The highest BCUT2D eigenvalue weighted by Gasteiger charge is 2.36. The number of carboxylic acid groups (broad SMARTS) is 1. The number of likely N-dealkylation sites (tertiary alicyclic amines) is 1. The third kappa shape index (κ3) is 2.49. The van der Waals surface area contributed by atoms with Gasteiger partial charge in [-0.1, -0.05) is 12.1 Å². The number of rotatable bonds is 3. The topological polar surface area (TPSA) is 77.9 Å². The number of hydrogen-bond donors (Lipinski definition) is 1. The Morgan fingerprint density at radius 1 is 1.25 bits per heavy atom. The number of carbonyl (C=O) groups is 3. The van der Waals surface area contributed by atoms with Gasteiger partial charge in [-0.25, -0.2) is 0 Å². The fraction of sp³-hybridized carbons (Fsp3) is 0.357. The van der Waals surface area contributed by atoms with Crippen LogP contribution < -0.4 is 4.90 Å². The first kappa shape index (κ1) is 14.0. The summed E-state index contributed by atoms with van der Waals surface area (Å²) >= 11 is 0. The molecular formula is C14H16N2O4. The average Bonchev–Trinajstić information content (AvgIpc) is 2.35. The van der Waals surface area contributed by atoms with Gasteiger partial charge < -0.3 is 14.9 Å². The molecule has 1 aromatic carbocycles. The van der Waals surface area contributed by atoms with Crippen LogP contribution in [0.1, 0.15) is 17.3 Å². The molecule has 0 atom stereocenters. The van der Waals surface area contributed by atoms with E-state index in [9.17, 15) is 14.4 Å². The van der Waals surface area contributed by atoms with Crippen LogP contribution in [0.5, 0.6) is 0 Å². The molecule has 2 amide bonds. The molecule has 0 aromatic heterocycles. The monoisotopic (exact) mass is 276 g/mol. The zero-order valence-corrected chi connectivity index (χ0v) is 11.4. The molecule has 1 N–H and O–H groups in total. The number of benzene rings is 1. The van der Waals surface area contributed by atoms with Crippen LogP contribution in [-0.2, 0) is 9.59 Å². The molecule has 6 heteroatoms. The zero-order chi connectivity index (χ0) is 14.9. The van der Waals surface area contributed by atoms with Crippen molar-refractivity contribution in [1.82, 2.24) is 4.90 Å². The Kier molecular flexibility index (Phi) is 3.74. The summed E-state index contributed by atoms with van der Waals surface area (Å²) in [6.07, 6.45) is 0. The first-order valence-electron chi connectivity index (χ1n) is 6.27. The van der Waals surface area contributed by atoms with Crippen molar-refractivity contribution < 1.29 is 19.5 Å². The van der Waals surface area contributed by atoms with E-state index in [-0.39, 0.29) is 24.9 Å². The second-order valence-corrected chi connectivity index (χ2v) is 4.84. The molecule has 0 radical (unpaired) electrons. The Morgan fingerprint density at radius 3 is 2.40 bits per heavy atom. The van der Waals surface area contributed by atoms with Gasteiger partial charge in [-0.15, -0.1) is 0 Å². The molecule has 1 aromatic rings. The number of hydrogen-bond acceptors (Lipinski definition) is 3. The fourth-order valence-electron chi connectivity index (χ4n) is 2.09. The zero-order valence-electron chi connectivity index (χ0n) is 11.4. The van der Waals surface area contributed by atoms with Crippen LogP contribution in [0.3, 0.4) is 0 Å². The third-order valence-corrected chi connectivity index (χ3v) is 3.49. The molecule has 0 aliphatic carbocycles. The van der Waals surface area contributed by atoms with E-state index < -0.39 is 11.9 Å². The Balaban J connectivity index is 2.19. The van der Waals surface area contributed by atoms with Crippen LogP contribution in [0, 0.1) is 5.92 Å². The molecule has 0 bridgehead atoms. The number of amides is 2. The van der Waals surface area contributed by atoms with Gasteiger partial charge in [-0.05, 0) is 12.1 Å². The van der Waals surface area contributed by atoms with Crippen LogP contribution in [0.2, 0.25) is 0 Å². The summed E-state index contributed by atoms with van der Waals surface area (Å²) in [7, 11) is 1.60. The van der Waals surface area contributed by atoms with Gasteiger partial charge >= 0.3 is 5.97 Å². The van der Waals surface area contributed by atoms with Crippen LogP contribution >= 0.6 is 0 Å². The van der Waals surface area contributed by atoms with Gasteiger partial charge in [-0.2, -0.15) is 0 Å². The van der Waals surface area contributed by atoms with Crippen molar-refractivity contribution in [3.05, 3.63) is 29.8 Å². The largest absolute Gasteiger partial charge is 0.481 e. The third-order valence-electron chi connectivity index (χ3n) is 3.49. The van der Waals surface area contributed by atoms with Crippen LogP contribution in [-0.4, -0.2) is 47.9 Å². The lowest BCUT2D eigenvalue weighted by Crippen LogP contribution is -2.53. The maximum Gasteiger partial charge on any atom is 0.310 e. The van der Waals surface area contributed by atoms with Gasteiger partial charge in [-0.3, -0.25) is 14.4 Å². The first-order valence-corrected chi connectivity index (χ1v) is 6.27. The van der Waals surface area contributed by atoms with Crippen LogP contribution in [0.25, 0.3) is 0 Å². The van der Waals surface area contributed by atoms with E-state index in [2.05, 4.69) is 0 Å². The smallest absolute Gasteiger partial charge is 0.310 e. The highest BCUT2D eigenvalue weighted by atomic mass is 16.4. The summed E-state index contributed by atoms with van der Waals surface area (Å²) in [4.78, 5) is 37.4. The highest BCUT2D eigenvalue weighted by molar-refractivity contribution is 6.04. The lowest BCUT2D eigenvalue weighted by molar-refractivity contribution is -0.146. The normalized spacial score (nSPS) is 14.6. The second kappa shape index (κ2) is 5.32. The molecule has 1 heterocycles. The summed E-state index contributed by atoms with van der Waals surface area (Å²) < 4.78 is 0. The molecule has 106 valence electrons. The van der Waals surface area contributed by atoms with Crippen molar-refractivity contribution in [3.8, 4) is 0 Å². The average molecular weight is 276 g/mol.